The van der Waals surface area contributed by atoms with Crippen molar-refractivity contribution >= 4 is 11.9 Å². The van der Waals surface area contributed by atoms with Crippen LogP contribution in [-0.4, -0.2) is 23.1 Å². The third-order valence-electron chi connectivity index (χ3n) is 7.67. The Bertz CT molecular complexity index is 1060. The standard InChI is InChI=1S/C30H30O4/c31-29(32)27-25(21-14-6-2-7-15-21)28(26(27)22-16-8-3-9-17-22)30(33)34-24-19-11-10-18-23(24)20-12-4-1-5-13-20/h1-9,12-17,23-28H,10-11,18-19H2,(H,31,32)/t23?,24-,25-,26-,27?,28?/m0/s1. The molecule has 1 N–H and O–H groups in total. The van der Waals surface area contributed by atoms with Gasteiger partial charge in [0.05, 0.1) is 11.8 Å². The summed E-state index contributed by atoms with van der Waals surface area (Å²) in [5.74, 6) is -2.97. The SMILES string of the molecule is O=C(O)C1[C@H](c2ccccc2)C(C(=O)O[C@H]2CCCCC2c2ccccc2)[C@H]1c1ccccc1. The molecular formula is C30H30O4. The normalized spacial score (nSPS) is 28.5. The number of aliphatic carboxylic acids is 1. The quantitative estimate of drug-likeness (QED) is 0.454. The highest BCUT2D eigenvalue weighted by molar-refractivity contribution is 5.84. The van der Waals surface area contributed by atoms with E-state index < -0.39 is 29.6 Å². The van der Waals surface area contributed by atoms with Crippen molar-refractivity contribution in [2.75, 3.05) is 0 Å². The second-order valence-electron chi connectivity index (χ2n) is 9.54. The minimum Gasteiger partial charge on any atom is -0.481 e. The van der Waals surface area contributed by atoms with E-state index in [0.717, 1.165) is 36.8 Å². The van der Waals surface area contributed by atoms with E-state index in [4.69, 9.17) is 4.74 Å². The first kappa shape index (κ1) is 22.4. The molecule has 3 aromatic rings. The molecule has 0 saturated heterocycles. The average Bonchev–Trinajstić information content (AvgIpc) is 2.85. The van der Waals surface area contributed by atoms with Crippen LogP contribution in [0, 0.1) is 11.8 Å². The van der Waals surface area contributed by atoms with Crippen LogP contribution in [0.4, 0.5) is 0 Å². The number of esters is 1. The smallest absolute Gasteiger partial charge is 0.310 e. The Balaban J connectivity index is 1.46. The second-order valence-corrected chi connectivity index (χ2v) is 9.54. The van der Waals surface area contributed by atoms with Crippen molar-refractivity contribution in [3.8, 4) is 0 Å². The summed E-state index contributed by atoms with van der Waals surface area (Å²) in [6, 6.07) is 29.4. The van der Waals surface area contributed by atoms with E-state index in [1.54, 1.807) is 0 Å². The lowest BCUT2D eigenvalue weighted by molar-refractivity contribution is -0.170. The van der Waals surface area contributed by atoms with Crippen LogP contribution in [0.5, 0.6) is 0 Å². The summed E-state index contributed by atoms with van der Waals surface area (Å²) in [7, 11) is 0. The van der Waals surface area contributed by atoms with Gasteiger partial charge in [0.2, 0.25) is 0 Å². The van der Waals surface area contributed by atoms with Gasteiger partial charge in [0.15, 0.2) is 0 Å². The Morgan fingerprint density at radius 1 is 0.647 bits per heavy atom. The molecule has 4 nitrogen and oxygen atoms in total. The molecule has 4 heteroatoms. The summed E-state index contributed by atoms with van der Waals surface area (Å²) in [5, 5.41) is 10.2. The van der Waals surface area contributed by atoms with Gasteiger partial charge >= 0.3 is 11.9 Å². The molecule has 0 aromatic heterocycles. The molecule has 0 bridgehead atoms. The van der Waals surface area contributed by atoms with Gasteiger partial charge in [-0.2, -0.15) is 0 Å². The molecule has 5 rings (SSSR count). The molecule has 174 valence electrons. The van der Waals surface area contributed by atoms with Crippen molar-refractivity contribution in [2.24, 2.45) is 11.8 Å². The van der Waals surface area contributed by atoms with Crippen molar-refractivity contribution < 1.29 is 19.4 Å². The Kier molecular flexibility index (Phi) is 6.48. The van der Waals surface area contributed by atoms with Crippen molar-refractivity contribution in [2.45, 2.75) is 49.5 Å². The van der Waals surface area contributed by atoms with E-state index in [1.807, 2.05) is 78.9 Å². The van der Waals surface area contributed by atoms with Crippen molar-refractivity contribution in [1.82, 2.24) is 0 Å². The van der Waals surface area contributed by atoms with Gasteiger partial charge in [0.1, 0.15) is 6.10 Å². The van der Waals surface area contributed by atoms with Crippen LogP contribution in [0.3, 0.4) is 0 Å². The number of carboxylic acids is 1. The Labute approximate surface area is 200 Å². The van der Waals surface area contributed by atoms with Gasteiger partial charge in [-0.05, 0) is 36.0 Å². The third-order valence-corrected chi connectivity index (χ3v) is 7.67. The van der Waals surface area contributed by atoms with Crippen molar-refractivity contribution in [3.05, 3.63) is 108 Å². The van der Waals surface area contributed by atoms with Crippen LogP contribution < -0.4 is 0 Å². The maximum Gasteiger partial charge on any atom is 0.310 e. The zero-order chi connectivity index (χ0) is 23.5. The topological polar surface area (TPSA) is 63.6 Å². The van der Waals surface area contributed by atoms with Crippen LogP contribution in [0.25, 0.3) is 0 Å². The average molecular weight is 455 g/mol. The monoisotopic (exact) mass is 454 g/mol. The van der Waals surface area contributed by atoms with Crippen LogP contribution in [0.1, 0.15) is 60.1 Å². The molecule has 0 amide bonds. The molecular weight excluding hydrogens is 424 g/mol. The van der Waals surface area contributed by atoms with E-state index in [1.165, 1.54) is 5.56 Å². The zero-order valence-electron chi connectivity index (χ0n) is 19.1. The molecule has 0 heterocycles. The minimum atomic E-state index is -0.869. The molecule has 2 saturated carbocycles. The molecule has 0 spiro atoms. The molecule has 34 heavy (non-hydrogen) atoms. The number of rotatable bonds is 6. The predicted molar refractivity (Wildman–Crippen MR) is 131 cm³/mol. The number of carbonyl (C=O) groups is 2. The lowest BCUT2D eigenvalue weighted by Crippen LogP contribution is -2.52. The maximum atomic E-state index is 13.8. The first-order chi connectivity index (χ1) is 16.6. The largest absolute Gasteiger partial charge is 0.481 e. The number of ether oxygens (including phenoxy) is 1. The Morgan fingerprint density at radius 2 is 1.12 bits per heavy atom. The molecule has 0 aliphatic heterocycles. The van der Waals surface area contributed by atoms with Gasteiger partial charge in [0, 0.05) is 17.8 Å². The van der Waals surface area contributed by atoms with Crippen LogP contribution in [-0.2, 0) is 14.3 Å². The number of hydrogen-bond acceptors (Lipinski definition) is 3. The highest BCUT2D eigenvalue weighted by atomic mass is 16.5. The van der Waals surface area contributed by atoms with E-state index in [2.05, 4.69) is 12.1 Å². The number of carbonyl (C=O) groups excluding carboxylic acids is 1. The molecule has 2 aliphatic rings. The fourth-order valence-electron chi connectivity index (χ4n) is 6.08. The van der Waals surface area contributed by atoms with E-state index in [9.17, 15) is 14.7 Å². The minimum absolute atomic E-state index is 0.180. The summed E-state index contributed by atoms with van der Waals surface area (Å²) in [6.07, 6.45) is 3.81. The fourth-order valence-corrected chi connectivity index (χ4v) is 6.08. The van der Waals surface area contributed by atoms with Crippen molar-refractivity contribution in [3.63, 3.8) is 0 Å². The molecule has 0 radical (unpaired) electrons. The third kappa shape index (κ3) is 4.25. The predicted octanol–water partition coefficient (Wildman–Crippen LogP) is 6.15. The summed E-state index contributed by atoms with van der Waals surface area (Å²) >= 11 is 0. The van der Waals surface area contributed by atoms with Crippen LogP contribution in [0.2, 0.25) is 0 Å². The molecule has 4 atom stereocenters. The number of benzene rings is 3. The number of hydrogen-bond donors (Lipinski definition) is 1. The lowest BCUT2D eigenvalue weighted by atomic mass is 9.52. The highest BCUT2D eigenvalue weighted by Gasteiger charge is 2.59. The van der Waals surface area contributed by atoms with E-state index >= 15 is 0 Å². The van der Waals surface area contributed by atoms with E-state index in [-0.39, 0.29) is 18.0 Å². The van der Waals surface area contributed by atoms with Gasteiger partial charge in [-0.15, -0.1) is 0 Å². The van der Waals surface area contributed by atoms with Crippen LogP contribution in [0.15, 0.2) is 91.0 Å². The van der Waals surface area contributed by atoms with Gasteiger partial charge in [-0.3, -0.25) is 9.59 Å². The van der Waals surface area contributed by atoms with Gasteiger partial charge in [-0.1, -0.05) is 97.4 Å². The molecule has 2 aliphatic carbocycles. The first-order valence-electron chi connectivity index (χ1n) is 12.2. The van der Waals surface area contributed by atoms with Crippen molar-refractivity contribution in [1.29, 1.82) is 0 Å². The summed E-state index contributed by atoms with van der Waals surface area (Å²) < 4.78 is 6.26. The van der Waals surface area contributed by atoms with E-state index in [0.29, 0.717) is 0 Å². The lowest BCUT2D eigenvalue weighted by Gasteiger charge is -2.49. The van der Waals surface area contributed by atoms with Crippen LogP contribution >= 0.6 is 0 Å². The van der Waals surface area contributed by atoms with Gasteiger partial charge < -0.3 is 9.84 Å². The highest BCUT2D eigenvalue weighted by Crippen LogP contribution is 2.58. The fraction of sp³-hybridized carbons (Fsp3) is 0.333. The first-order valence-corrected chi connectivity index (χ1v) is 12.2. The second kappa shape index (κ2) is 9.84. The van der Waals surface area contributed by atoms with Gasteiger partial charge in [0.25, 0.3) is 0 Å². The maximum absolute atomic E-state index is 13.8. The molecule has 1 unspecified atom stereocenters. The zero-order valence-corrected chi connectivity index (χ0v) is 19.1. The molecule has 2 fully saturated rings. The van der Waals surface area contributed by atoms with Gasteiger partial charge in [-0.25, -0.2) is 0 Å². The number of carboxylic acid groups (broad SMARTS) is 1. The summed E-state index contributed by atoms with van der Waals surface area (Å²) in [6.45, 7) is 0. The Hall–Kier alpha value is -3.40. The summed E-state index contributed by atoms with van der Waals surface area (Å²) in [4.78, 5) is 26.2. The summed E-state index contributed by atoms with van der Waals surface area (Å²) in [5.41, 5.74) is 2.97. The molecule has 3 aromatic carbocycles. The Morgan fingerprint density at radius 3 is 1.62 bits per heavy atom.